The predicted octanol–water partition coefficient (Wildman–Crippen LogP) is -0.132. The number of likely N-dealkylation sites (N-methyl/N-ethyl adjacent to an activating group) is 1. The molecule has 0 spiro atoms. The summed E-state index contributed by atoms with van der Waals surface area (Å²) in [6.07, 6.45) is 1.08. The second-order valence-electron chi connectivity index (χ2n) is 4.96. The lowest BCUT2D eigenvalue weighted by Crippen LogP contribution is -2.48. The van der Waals surface area contributed by atoms with E-state index in [1.54, 1.807) is 4.90 Å². The largest absolute Gasteiger partial charge is 0.477 e. The second-order valence-corrected chi connectivity index (χ2v) is 4.96. The van der Waals surface area contributed by atoms with Crippen LogP contribution >= 0.6 is 0 Å². The van der Waals surface area contributed by atoms with Gasteiger partial charge in [-0.2, -0.15) is 0 Å². The van der Waals surface area contributed by atoms with E-state index in [2.05, 4.69) is 4.90 Å². The van der Waals surface area contributed by atoms with Crippen LogP contribution in [0.15, 0.2) is 12.3 Å². The summed E-state index contributed by atoms with van der Waals surface area (Å²) in [4.78, 5) is 37.0. The van der Waals surface area contributed by atoms with Crippen LogP contribution < -0.4 is 0 Å². The Morgan fingerprint density at radius 1 is 1.33 bits per heavy atom. The maximum absolute atomic E-state index is 12.2. The van der Waals surface area contributed by atoms with Crippen molar-refractivity contribution in [3.05, 3.63) is 28.1 Å². The fourth-order valence-electron chi connectivity index (χ4n) is 2.21. The molecule has 1 saturated heterocycles. The Hall–Kier alpha value is -2.42. The summed E-state index contributed by atoms with van der Waals surface area (Å²) in [5, 5.41) is 19.8. The van der Waals surface area contributed by atoms with E-state index in [4.69, 9.17) is 5.11 Å². The van der Waals surface area contributed by atoms with Crippen molar-refractivity contribution in [3.8, 4) is 0 Å². The highest BCUT2D eigenvalue weighted by Gasteiger charge is 2.23. The van der Waals surface area contributed by atoms with Crippen molar-refractivity contribution < 1.29 is 19.6 Å². The van der Waals surface area contributed by atoms with Gasteiger partial charge in [0, 0.05) is 32.2 Å². The van der Waals surface area contributed by atoms with Gasteiger partial charge in [0.1, 0.15) is 12.2 Å². The third kappa shape index (κ3) is 3.37. The first-order chi connectivity index (χ1) is 9.88. The number of carbonyl (C=O) groups excluding carboxylic acids is 1. The third-order valence-corrected chi connectivity index (χ3v) is 3.47. The lowest BCUT2D eigenvalue weighted by Gasteiger charge is -2.32. The van der Waals surface area contributed by atoms with Gasteiger partial charge >= 0.3 is 5.97 Å². The van der Waals surface area contributed by atoms with Crippen LogP contribution in [0.2, 0.25) is 0 Å². The number of aromatic carboxylic acids is 1. The molecular formula is C12H16N4O5. The van der Waals surface area contributed by atoms with E-state index >= 15 is 0 Å². The van der Waals surface area contributed by atoms with Gasteiger partial charge in [-0.25, -0.2) is 4.79 Å². The minimum Gasteiger partial charge on any atom is -0.477 e. The molecule has 0 aromatic carbocycles. The molecule has 1 fully saturated rings. The SMILES string of the molecule is CN1CCN(C(=O)Cn2cc([N+](=O)[O-])cc2C(=O)O)CC1. The zero-order valence-corrected chi connectivity index (χ0v) is 11.6. The number of carboxylic acid groups (broad SMARTS) is 1. The number of hydrogen-bond acceptors (Lipinski definition) is 5. The Kier molecular flexibility index (Phi) is 4.22. The van der Waals surface area contributed by atoms with E-state index in [9.17, 15) is 19.7 Å². The zero-order valence-electron chi connectivity index (χ0n) is 11.6. The highest BCUT2D eigenvalue weighted by Crippen LogP contribution is 2.17. The van der Waals surface area contributed by atoms with E-state index in [1.165, 1.54) is 0 Å². The number of rotatable bonds is 4. The Morgan fingerprint density at radius 3 is 2.48 bits per heavy atom. The standard InChI is InChI=1S/C12H16N4O5/c1-13-2-4-14(5-3-13)11(17)8-15-7-9(16(20)21)6-10(15)12(18)19/h6-7H,2-5,8H2,1H3,(H,18,19). The van der Waals surface area contributed by atoms with Crippen molar-refractivity contribution in [1.29, 1.82) is 0 Å². The van der Waals surface area contributed by atoms with Gasteiger partial charge in [-0.1, -0.05) is 0 Å². The van der Waals surface area contributed by atoms with Crippen molar-refractivity contribution in [2.45, 2.75) is 6.54 Å². The topological polar surface area (TPSA) is 109 Å². The molecule has 0 aliphatic carbocycles. The Bertz CT molecular complexity index is 574. The Morgan fingerprint density at radius 2 is 1.95 bits per heavy atom. The molecule has 2 rings (SSSR count). The average Bonchev–Trinajstić information content (AvgIpc) is 2.83. The molecule has 1 amide bonds. The molecule has 0 radical (unpaired) electrons. The van der Waals surface area contributed by atoms with Gasteiger partial charge < -0.3 is 19.5 Å². The number of hydrogen-bond donors (Lipinski definition) is 1. The Balaban J connectivity index is 2.13. The van der Waals surface area contributed by atoms with Gasteiger partial charge in [0.15, 0.2) is 0 Å². The molecule has 0 saturated carbocycles. The molecule has 1 N–H and O–H groups in total. The molecule has 1 aromatic rings. The van der Waals surface area contributed by atoms with E-state index in [-0.39, 0.29) is 23.8 Å². The van der Waals surface area contributed by atoms with Crippen molar-refractivity contribution in [2.75, 3.05) is 33.2 Å². The maximum Gasteiger partial charge on any atom is 0.352 e. The molecule has 1 aromatic heterocycles. The lowest BCUT2D eigenvalue weighted by molar-refractivity contribution is -0.384. The zero-order chi connectivity index (χ0) is 15.6. The highest BCUT2D eigenvalue weighted by atomic mass is 16.6. The molecule has 114 valence electrons. The van der Waals surface area contributed by atoms with Crippen molar-refractivity contribution in [3.63, 3.8) is 0 Å². The van der Waals surface area contributed by atoms with Crippen LogP contribution in [0.25, 0.3) is 0 Å². The number of piperazine rings is 1. The van der Waals surface area contributed by atoms with Crippen molar-refractivity contribution >= 4 is 17.6 Å². The minimum absolute atomic E-state index is 0.209. The van der Waals surface area contributed by atoms with Crippen LogP contribution in [0, 0.1) is 10.1 Å². The van der Waals surface area contributed by atoms with Crippen molar-refractivity contribution in [1.82, 2.24) is 14.4 Å². The van der Waals surface area contributed by atoms with Crippen LogP contribution in [-0.4, -0.2) is 69.5 Å². The fourth-order valence-corrected chi connectivity index (χ4v) is 2.21. The predicted molar refractivity (Wildman–Crippen MR) is 72.1 cm³/mol. The van der Waals surface area contributed by atoms with Gasteiger partial charge in [0.25, 0.3) is 5.69 Å². The molecule has 0 bridgehead atoms. The minimum atomic E-state index is -1.30. The summed E-state index contributed by atoms with van der Waals surface area (Å²) in [6, 6.07) is 0.958. The smallest absolute Gasteiger partial charge is 0.352 e. The number of carbonyl (C=O) groups is 2. The monoisotopic (exact) mass is 296 g/mol. The first-order valence-electron chi connectivity index (χ1n) is 6.42. The van der Waals surface area contributed by atoms with E-state index in [0.717, 1.165) is 29.9 Å². The molecule has 2 heterocycles. The summed E-state index contributed by atoms with van der Waals surface area (Å²) >= 11 is 0. The van der Waals surface area contributed by atoms with Crippen LogP contribution in [0.1, 0.15) is 10.5 Å². The number of aromatic nitrogens is 1. The summed E-state index contributed by atoms with van der Waals surface area (Å²) in [7, 11) is 1.96. The van der Waals surface area contributed by atoms with Crippen LogP contribution in [0.3, 0.4) is 0 Å². The summed E-state index contributed by atoms with van der Waals surface area (Å²) in [6.45, 7) is 2.44. The molecule has 0 atom stereocenters. The molecular weight excluding hydrogens is 280 g/mol. The molecule has 1 aliphatic heterocycles. The van der Waals surface area contributed by atoms with E-state index in [1.807, 2.05) is 7.05 Å². The fraction of sp³-hybridized carbons (Fsp3) is 0.500. The third-order valence-electron chi connectivity index (χ3n) is 3.47. The Labute approximate surface area is 120 Å². The summed E-state index contributed by atoms with van der Waals surface area (Å²) < 4.78 is 1.11. The molecule has 9 heteroatoms. The number of nitrogens with zero attached hydrogens (tertiary/aromatic N) is 4. The first-order valence-corrected chi connectivity index (χ1v) is 6.42. The summed E-state index contributed by atoms with van der Waals surface area (Å²) in [5.41, 5.74) is -0.595. The number of carboxylic acids is 1. The van der Waals surface area contributed by atoms with Gasteiger partial charge in [-0.15, -0.1) is 0 Å². The molecule has 9 nitrogen and oxygen atoms in total. The van der Waals surface area contributed by atoms with Crippen molar-refractivity contribution in [2.24, 2.45) is 0 Å². The average molecular weight is 296 g/mol. The van der Waals surface area contributed by atoms with Crippen LogP contribution in [0.4, 0.5) is 5.69 Å². The normalized spacial score (nSPS) is 16.0. The molecule has 1 aliphatic rings. The van der Waals surface area contributed by atoms with E-state index < -0.39 is 10.9 Å². The maximum atomic E-state index is 12.2. The lowest BCUT2D eigenvalue weighted by atomic mass is 10.3. The van der Waals surface area contributed by atoms with E-state index in [0.29, 0.717) is 13.1 Å². The van der Waals surface area contributed by atoms with Crippen LogP contribution in [-0.2, 0) is 11.3 Å². The van der Waals surface area contributed by atoms with Gasteiger partial charge in [-0.05, 0) is 7.05 Å². The molecule has 21 heavy (non-hydrogen) atoms. The van der Waals surface area contributed by atoms with Gasteiger partial charge in [-0.3, -0.25) is 14.9 Å². The first kappa shape index (κ1) is 15.0. The number of nitro groups is 1. The quantitative estimate of drug-likeness (QED) is 0.612. The second kappa shape index (κ2) is 5.92. The molecule has 0 unspecified atom stereocenters. The van der Waals surface area contributed by atoms with Gasteiger partial charge in [0.2, 0.25) is 5.91 Å². The summed E-state index contributed by atoms with van der Waals surface area (Å²) in [5.74, 6) is -1.54. The highest BCUT2D eigenvalue weighted by molar-refractivity contribution is 5.88. The van der Waals surface area contributed by atoms with Crippen LogP contribution in [0.5, 0.6) is 0 Å². The van der Waals surface area contributed by atoms with Gasteiger partial charge in [0.05, 0.1) is 11.1 Å². The number of amides is 1.